The fraction of sp³-hybridized carbons (Fsp3) is 0.444. The molecule has 0 aliphatic rings. The first kappa shape index (κ1) is 8.21. The fourth-order valence-electron chi connectivity index (χ4n) is 0.991. The molecule has 1 aromatic heterocycles. The van der Waals surface area contributed by atoms with Gasteiger partial charge in [0, 0.05) is 17.9 Å². The van der Waals surface area contributed by atoms with E-state index in [0.717, 1.165) is 12.1 Å². The number of nitrogens with zero attached hydrogens (tertiary/aromatic N) is 1. The highest BCUT2D eigenvalue weighted by atomic mass is 14.7. The molecule has 0 spiro atoms. The third-order valence-corrected chi connectivity index (χ3v) is 1.53. The highest BCUT2D eigenvalue weighted by molar-refractivity contribution is 5.13. The molecule has 1 heterocycles. The Labute approximate surface area is 67.5 Å². The summed E-state index contributed by atoms with van der Waals surface area (Å²) in [6.07, 6.45) is 2.80. The van der Waals surface area contributed by atoms with E-state index in [9.17, 15) is 0 Å². The molecule has 0 bridgehead atoms. The van der Waals surface area contributed by atoms with Crippen LogP contribution in [0.5, 0.6) is 0 Å². The van der Waals surface area contributed by atoms with Crippen molar-refractivity contribution in [1.29, 1.82) is 0 Å². The van der Waals surface area contributed by atoms with E-state index >= 15 is 0 Å². The largest absolute Gasteiger partial charge is 0.328 e. The van der Waals surface area contributed by atoms with Crippen LogP contribution in [0.4, 0.5) is 0 Å². The van der Waals surface area contributed by atoms with Crippen LogP contribution in [0.3, 0.4) is 0 Å². The van der Waals surface area contributed by atoms with Gasteiger partial charge in [-0.3, -0.25) is 4.98 Å². The lowest BCUT2D eigenvalue weighted by Crippen LogP contribution is -2.17. The molecular formula is C9H14N2. The first-order chi connectivity index (χ1) is 5.18. The van der Waals surface area contributed by atoms with Crippen molar-refractivity contribution < 1.29 is 0 Å². The van der Waals surface area contributed by atoms with Crippen molar-refractivity contribution in [2.75, 3.05) is 0 Å². The Kier molecular flexibility index (Phi) is 2.60. The number of hydrogen-bond donors (Lipinski definition) is 1. The number of pyridine rings is 1. The Morgan fingerprint density at radius 2 is 2.27 bits per heavy atom. The van der Waals surface area contributed by atoms with Crippen molar-refractivity contribution in [3.8, 4) is 0 Å². The molecule has 0 fully saturated rings. The Bertz CT molecular complexity index is 214. The molecule has 0 saturated heterocycles. The summed E-state index contributed by atoms with van der Waals surface area (Å²) in [4.78, 5) is 4.18. The van der Waals surface area contributed by atoms with E-state index in [1.807, 2.05) is 26.1 Å². The number of aryl methyl sites for hydroxylation is 1. The van der Waals surface area contributed by atoms with Crippen LogP contribution in [0.1, 0.15) is 18.2 Å². The van der Waals surface area contributed by atoms with Gasteiger partial charge in [-0.2, -0.15) is 0 Å². The van der Waals surface area contributed by atoms with E-state index in [1.54, 1.807) is 0 Å². The first-order valence-corrected chi connectivity index (χ1v) is 3.85. The molecular weight excluding hydrogens is 136 g/mol. The van der Waals surface area contributed by atoms with Crippen LogP contribution in [-0.2, 0) is 6.42 Å². The van der Waals surface area contributed by atoms with Crippen LogP contribution in [0.15, 0.2) is 18.3 Å². The molecule has 2 nitrogen and oxygen atoms in total. The summed E-state index contributed by atoms with van der Waals surface area (Å²) in [5, 5.41) is 0. The maximum absolute atomic E-state index is 5.63. The van der Waals surface area contributed by atoms with Crippen molar-refractivity contribution in [1.82, 2.24) is 4.98 Å². The standard InChI is InChI=1S/C9H14N2/c1-7(10)5-9-4-3-8(2)11-6-9/h3-4,6-7H,5,10H2,1-2H3/t7-/m1/s1. The maximum Gasteiger partial charge on any atom is 0.0372 e. The van der Waals surface area contributed by atoms with Crippen molar-refractivity contribution in [3.05, 3.63) is 29.6 Å². The van der Waals surface area contributed by atoms with Gasteiger partial charge in [-0.05, 0) is 31.9 Å². The summed E-state index contributed by atoms with van der Waals surface area (Å²) in [5.74, 6) is 0. The third-order valence-electron chi connectivity index (χ3n) is 1.53. The zero-order valence-corrected chi connectivity index (χ0v) is 7.04. The molecule has 60 valence electrons. The topological polar surface area (TPSA) is 38.9 Å². The third kappa shape index (κ3) is 2.68. The number of nitrogens with two attached hydrogens (primary N) is 1. The predicted octanol–water partition coefficient (Wildman–Crippen LogP) is 1.28. The molecule has 0 aliphatic heterocycles. The lowest BCUT2D eigenvalue weighted by atomic mass is 10.1. The van der Waals surface area contributed by atoms with Gasteiger partial charge in [0.15, 0.2) is 0 Å². The van der Waals surface area contributed by atoms with E-state index < -0.39 is 0 Å². The number of aromatic nitrogens is 1. The second-order valence-electron chi connectivity index (χ2n) is 2.99. The molecule has 1 rings (SSSR count). The van der Waals surface area contributed by atoms with Gasteiger partial charge >= 0.3 is 0 Å². The van der Waals surface area contributed by atoms with Gasteiger partial charge in [-0.15, -0.1) is 0 Å². The minimum absolute atomic E-state index is 0.222. The SMILES string of the molecule is Cc1ccc(C[C@@H](C)N)cn1. The Hall–Kier alpha value is -0.890. The lowest BCUT2D eigenvalue weighted by molar-refractivity contribution is 0.735. The van der Waals surface area contributed by atoms with Crippen LogP contribution in [0, 0.1) is 6.92 Å². The second kappa shape index (κ2) is 3.49. The van der Waals surface area contributed by atoms with Gasteiger partial charge in [0.25, 0.3) is 0 Å². The van der Waals surface area contributed by atoms with Gasteiger partial charge in [0.1, 0.15) is 0 Å². The van der Waals surface area contributed by atoms with Gasteiger partial charge < -0.3 is 5.73 Å². The van der Waals surface area contributed by atoms with Crippen molar-refractivity contribution in [2.45, 2.75) is 26.3 Å². The molecule has 0 radical (unpaired) electrons. The molecule has 2 N–H and O–H groups in total. The minimum atomic E-state index is 0.222. The molecule has 0 aromatic carbocycles. The molecule has 2 heteroatoms. The smallest absolute Gasteiger partial charge is 0.0372 e. The van der Waals surface area contributed by atoms with Crippen molar-refractivity contribution >= 4 is 0 Å². The van der Waals surface area contributed by atoms with Crippen LogP contribution < -0.4 is 5.73 Å². The Balaban J connectivity index is 2.66. The second-order valence-corrected chi connectivity index (χ2v) is 2.99. The zero-order valence-electron chi connectivity index (χ0n) is 7.04. The van der Waals surface area contributed by atoms with Crippen LogP contribution >= 0.6 is 0 Å². The molecule has 0 saturated carbocycles. The molecule has 0 amide bonds. The van der Waals surface area contributed by atoms with E-state index in [1.165, 1.54) is 5.56 Å². The Morgan fingerprint density at radius 3 is 2.73 bits per heavy atom. The molecule has 1 atom stereocenters. The summed E-state index contributed by atoms with van der Waals surface area (Å²) in [6.45, 7) is 3.98. The van der Waals surface area contributed by atoms with E-state index in [-0.39, 0.29) is 6.04 Å². The van der Waals surface area contributed by atoms with Gasteiger partial charge in [-0.25, -0.2) is 0 Å². The predicted molar refractivity (Wildman–Crippen MR) is 46.3 cm³/mol. The monoisotopic (exact) mass is 150 g/mol. The van der Waals surface area contributed by atoms with E-state index in [2.05, 4.69) is 11.1 Å². The highest BCUT2D eigenvalue weighted by Gasteiger charge is 1.96. The summed E-state index contributed by atoms with van der Waals surface area (Å²) in [6, 6.07) is 4.31. The van der Waals surface area contributed by atoms with Gasteiger partial charge in [0.05, 0.1) is 0 Å². The van der Waals surface area contributed by atoms with E-state index in [0.29, 0.717) is 0 Å². The molecule has 0 aliphatic carbocycles. The molecule has 11 heavy (non-hydrogen) atoms. The summed E-state index contributed by atoms with van der Waals surface area (Å²) in [5.41, 5.74) is 7.90. The highest BCUT2D eigenvalue weighted by Crippen LogP contribution is 2.01. The van der Waals surface area contributed by atoms with Crippen LogP contribution in [0.25, 0.3) is 0 Å². The van der Waals surface area contributed by atoms with Crippen LogP contribution in [0.2, 0.25) is 0 Å². The van der Waals surface area contributed by atoms with Crippen LogP contribution in [-0.4, -0.2) is 11.0 Å². The van der Waals surface area contributed by atoms with E-state index in [4.69, 9.17) is 5.73 Å². The average Bonchev–Trinajstić information content (AvgIpc) is 1.93. The molecule has 0 unspecified atom stereocenters. The minimum Gasteiger partial charge on any atom is -0.328 e. The normalized spacial score (nSPS) is 13.0. The average molecular weight is 150 g/mol. The summed E-state index contributed by atoms with van der Waals surface area (Å²) in [7, 11) is 0. The number of hydrogen-bond acceptors (Lipinski definition) is 2. The van der Waals surface area contributed by atoms with Crippen molar-refractivity contribution in [3.63, 3.8) is 0 Å². The molecule has 1 aromatic rings. The summed E-state index contributed by atoms with van der Waals surface area (Å²) < 4.78 is 0. The van der Waals surface area contributed by atoms with Gasteiger partial charge in [0.2, 0.25) is 0 Å². The first-order valence-electron chi connectivity index (χ1n) is 3.85. The lowest BCUT2D eigenvalue weighted by Gasteiger charge is -2.03. The quantitative estimate of drug-likeness (QED) is 0.689. The van der Waals surface area contributed by atoms with Crippen molar-refractivity contribution in [2.24, 2.45) is 5.73 Å². The Morgan fingerprint density at radius 1 is 1.55 bits per heavy atom. The number of rotatable bonds is 2. The van der Waals surface area contributed by atoms with Gasteiger partial charge in [-0.1, -0.05) is 6.07 Å². The zero-order chi connectivity index (χ0) is 8.27. The fourth-order valence-corrected chi connectivity index (χ4v) is 0.991. The maximum atomic E-state index is 5.63. The summed E-state index contributed by atoms with van der Waals surface area (Å²) >= 11 is 0.